The van der Waals surface area contributed by atoms with Gasteiger partial charge in [0.05, 0.1) is 19.0 Å². The molecule has 2 amide bonds. The van der Waals surface area contributed by atoms with E-state index in [4.69, 9.17) is 9.72 Å². The predicted molar refractivity (Wildman–Crippen MR) is 143 cm³/mol. The maximum atomic E-state index is 12.9. The zero-order valence-electron chi connectivity index (χ0n) is 21.7. The molecule has 1 saturated carbocycles. The summed E-state index contributed by atoms with van der Waals surface area (Å²) < 4.78 is 5.58. The highest BCUT2D eigenvalue weighted by molar-refractivity contribution is 6.04. The minimum Gasteiger partial charge on any atom is -0.495 e. The van der Waals surface area contributed by atoms with Crippen LogP contribution in [0.3, 0.4) is 0 Å². The van der Waals surface area contributed by atoms with Gasteiger partial charge in [0.1, 0.15) is 17.5 Å². The lowest BCUT2D eigenvalue weighted by atomic mass is 10.1. The average molecular weight is 504 g/mol. The van der Waals surface area contributed by atoms with E-state index in [0.29, 0.717) is 28.6 Å². The van der Waals surface area contributed by atoms with E-state index in [0.717, 1.165) is 43.7 Å². The largest absolute Gasteiger partial charge is 0.495 e. The number of hydrogen-bond acceptors (Lipinski definition) is 8. The van der Waals surface area contributed by atoms with E-state index in [-0.39, 0.29) is 23.9 Å². The third-order valence-electron chi connectivity index (χ3n) is 7.26. The van der Waals surface area contributed by atoms with Gasteiger partial charge in [-0.15, -0.1) is 0 Å². The molecular weight excluding hydrogens is 470 g/mol. The van der Waals surface area contributed by atoms with Crippen molar-refractivity contribution in [2.45, 2.75) is 44.7 Å². The van der Waals surface area contributed by atoms with Crippen molar-refractivity contribution in [3.05, 3.63) is 54.0 Å². The maximum absolute atomic E-state index is 12.9. The Kier molecular flexibility index (Phi) is 6.73. The van der Waals surface area contributed by atoms with Gasteiger partial charge in [-0.2, -0.15) is 4.98 Å². The fraction of sp³-hybridized carbons (Fsp3) is 0.407. The van der Waals surface area contributed by atoms with Crippen LogP contribution in [0, 0.1) is 0 Å². The van der Waals surface area contributed by atoms with Crippen molar-refractivity contribution in [1.29, 1.82) is 0 Å². The lowest BCUT2D eigenvalue weighted by Crippen LogP contribution is -2.54. The van der Waals surface area contributed by atoms with Gasteiger partial charge in [-0.25, -0.2) is 4.98 Å². The summed E-state index contributed by atoms with van der Waals surface area (Å²) in [7, 11) is 5.30. The normalized spacial score (nSPS) is 19.6. The van der Waals surface area contributed by atoms with Crippen molar-refractivity contribution < 1.29 is 14.3 Å². The van der Waals surface area contributed by atoms with Crippen LogP contribution >= 0.6 is 0 Å². The lowest BCUT2D eigenvalue weighted by molar-refractivity contribution is -0.119. The Balaban J connectivity index is 1.39. The van der Waals surface area contributed by atoms with E-state index in [9.17, 15) is 9.59 Å². The van der Waals surface area contributed by atoms with Gasteiger partial charge >= 0.3 is 0 Å². The molecule has 10 nitrogen and oxygen atoms in total. The molecule has 194 valence electrons. The van der Waals surface area contributed by atoms with Gasteiger partial charge in [0, 0.05) is 44.1 Å². The zero-order valence-corrected chi connectivity index (χ0v) is 21.7. The SMILES string of the molecule is COc1cc(C(=O)NC2=CCN(C)C=C2)ccc1Nc1ncc2c(n1)N(C1CCCC1)[C@H](C)C(=O)N2C. The number of anilines is 4. The molecule has 5 rings (SSSR count). The number of hydrogen-bond donors (Lipinski definition) is 2. The van der Waals surface area contributed by atoms with Gasteiger partial charge in [0.15, 0.2) is 5.82 Å². The van der Waals surface area contributed by atoms with Crippen LogP contribution in [0.25, 0.3) is 0 Å². The smallest absolute Gasteiger partial charge is 0.255 e. The number of benzene rings is 1. The molecule has 1 aromatic carbocycles. The number of aromatic nitrogens is 2. The molecular formula is C27H33N7O3. The highest BCUT2D eigenvalue weighted by Gasteiger charge is 2.39. The van der Waals surface area contributed by atoms with Crippen LogP contribution in [0.1, 0.15) is 43.0 Å². The van der Waals surface area contributed by atoms with Gasteiger partial charge in [-0.05, 0) is 50.1 Å². The number of allylic oxidation sites excluding steroid dienone is 1. The standard InChI is InChI=1S/C27H33N7O3/c1-17-26(36)33(3)22-16-28-27(31-24(22)34(17)20-7-5-6-8-20)30-21-10-9-18(15-23(21)37-4)25(35)29-19-11-13-32(2)14-12-19/h9-13,15-17,20H,5-8,14H2,1-4H3,(H,29,35)(H,28,30,31)/t17-/m1/s1. The summed E-state index contributed by atoms with van der Waals surface area (Å²) in [5.41, 5.74) is 2.58. The van der Waals surface area contributed by atoms with Crippen molar-refractivity contribution in [1.82, 2.24) is 20.2 Å². The number of likely N-dealkylation sites (N-methyl/N-ethyl adjacent to an activating group) is 2. The third kappa shape index (κ3) is 4.83. The van der Waals surface area contributed by atoms with Crippen LogP contribution in [-0.4, -0.2) is 66.5 Å². The fourth-order valence-corrected chi connectivity index (χ4v) is 5.16. The second-order valence-electron chi connectivity index (χ2n) is 9.73. The summed E-state index contributed by atoms with van der Waals surface area (Å²) in [5.74, 6) is 1.48. The first kappa shape index (κ1) is 24.6. The Bertz CT molecular complexity index is 1270. The Morgan fingerprint density at radius 1 is 1.19 bits per heavy atom. The predicted octanol–water partition coefficient (Wildman–Crippen LogP) is 3.42. The molecule has 1 atom stereocenters. The maximum Gasteiger partial charge on any atom is 0.255 e. The Hall–Kier alpha value is -4.08. The van der Waals surface area contributed by atoms with E-state index in [1.54, 1.807) is 43.5 Å². The molecule has 1 fully saturated rings. The van der Waals surface area contributed by atoms with Crippen molar-refractivity contribution in [2.24, 2.45) is 0 Å². The number of nitrogens with zero attached hydrogens (tertiary/aromatic N) is 5. The molecule has 2 N–H and O–H groups in total. The minimum absolute atomic E-state index is 0.0470. The highest BCUT2D eigenvalue weighted by atomic mass is 16.5. The first-order valence-corrected chi connectivity index (χ1v) is 12.6. The molecule has 1 aliphatic carbocycles. The average Bonchev–Trinajstić information content (AvgIpc) is 3.43. The van der Waals surface area contributed by atoms with Crippen LogP contribution in [0.5, 0.6) is 5.75 Å². The number of ether oxygens (including phenoxy) is 1. The molecule has 0 spiro atoms. The third-order valence-corrected chi connectivity index (χ3v) is 7.26. The van der Waals surface area contributed by atoms with Gasteiger partial charge in [0.25, 0.3) is 5.91 Å². The van der Waals surface area contributed by atoms with Crippen molar-refractivity contribution in [2.75, 3.05) is 42.9 Å². The minimum atomic E-state index is -0.287. The number of amides is 2. The molecule has 0 unspecified atom stereocenters. The van der Waals surface area contributed by atoms with Gasteiger partial charge in [-0.1, -0.05) is 12.8 Å². The van der Waals surface area contributed by atoms with Gasteiger partial charge in [-0.3, -0.25) is 9.59 Å². The quantitative estimate of drug-likeness (QED) is 0.618. The summed E-state index contributed by atoms with van der Waals surface area (Å²) in [6, 6.07) is 5.20. The first-order valence-electron chi connectivity index (χ1n) is 12.6. The summed E-state index contributed by atoms with van der Waals surface area (Å²) in [6.45, 7) is 2.68. The molecule has 2 aliphatic heterocycles. The summed E-state index contributed by atoms with van der Waals surface area (Å²) in [4.78, 5) is 40.8. The van der Waals surface area contributed by atoms with Gasteiger partial charge in [0.2, 0.25) is 11.9 Å². The summed E-state index contributed by atoms with van der Waals surface area (Å²) in [5, 5.41) is 6.16. The van der Waals surface area contributed by atoms with Crippen molar-refractivity contribution >= 4 is 35.0 Å². The Morgan fingerprint density at radius 2 is 1.97 bits per heavy atom. The number of carbonyl (C=O) groups is 2. The Morgan fingerprint density at radius 3 is 2.68 bits per heavy atom. The molecule has 1 aromatic heterocycles. The first-order chi connectivity index (χ1) is 17.9. The van der Waals surface area contributed by atoms with Crippen LogP contribution in [0.4, 0.5) is 23.1 Å². The van der Waals surface area contributed by atoms with E-state index >= 15 is 0 Å². The molecule has 0 saturated heterocycles. The zero-order chi connectivity index (χ0) is 26.1. The van der Waals surface area contributed by atoms with E-state index in [1.165, 1.54) is 0 Å². The monoisotopic (exact) mass is 503 g/mol. The summed E-state index contributed by atoms with van der Waals surface area (Å²) in [6.07, 6.45) is 11.8. The molecule has 2 aromatic rings. The number of rotatable bonds is 6. The molecule has 10 heteroatoms. The topological polar surface area (TPSA) is 103 Å². The van der Waals surface area contributed by atoms with Crippen LogP contribution in [0.15, 0.2) is 48.4 Å². The molecule has 3 heterocycles. The molecule has 37 heavy (non-hydrogen) atoms. The van der Waals surface area contributed by atoms with Gasteiger partial charge < -0.3 is 30.1 Å². The lowest BCUT2D eigenvalue weighted by Gasteiger charge is -2.42. The van der Waals surface area contributed by atoms with E-state index in [2.05, 4.69) is 20.5 Å². The van der Waals surface area contributed by atoms with Crippen LogP contribution in [0.2, 0.25) is 0 Å². The van der Waals surface area contributed by atoms with Crippen LogP contribution < -0.4 is 25.2 Å². The number of carbonyl (C=O) groups excluding carboxylic acids is 2. The molecule has 0 radical (unpaired) electrons. The Labute approximate surface area is 217 Å². The summed E-state index contributed by atoms with van der Waals surface area (Å²) >= 11 is 0. The number of methoxy groups -OCH3 is 1. The van der Waals surface area contributed by atoms with Crippen LogP contribution in [-0.2, 0) is 4.79 Å². The van der Waals surface area contributed by atoms with Crippen molar-refractivity contribution in [3.63, 3.8) is 0 Å². The molecule has 3 aliphatic rings. The van der Waals surface area contributed by atoms with Crippen molar-refractivity contribution in [3.8, 4) is 5.75 Å². The number of nitrogens with one attached hydrogen (secondary N) is 2. The van der Waals surface area contributed by atoms with E-state index in [1.807, 2.05) is 37.2 Å². The molecule has 0 bridgehead atoms. The van der Waals surface area contributed by atoms with E-state index < -0.39 is 0 Å². The second kappa shape index (κ2) is 10.1. The number of fused-ring (bicyclic) bond motifs is 1. The second-order valence-corrected chi connectivity index (χ2v) is 9.73. The highest BCUT2D eigenvalue weighted by Crippen LogP contribution is 2.39. The fourth-order valence-electron chi connectivity index (χ4n) is 5.16.